The number of rotatable bonds is 1. The molecule has 0 aromatic carbocycles. The van der Waals surface area contributed by atoms with E-state index in [2.05, 4.69) is 16.7 Å². The second kappa shape index (κ2) is 5.25. The third kappa shape index (κ3) is 2.51. The maximum absolute atomic E-state index is 5.50. The summed E-state index contributed by atoms with van der Waals surface area (Å²) >= 11 is 0. The Morgan fingerprint density at radius 2 is 1.76 bits per heavy atom. The highest BCUT2D eigenvalue weighted by molar-refractivity contribution is 4.92. The first kappa shape index (κ1) is 11.9. The lowest BCUT2D eigenvalue weighted by Crippen LogP contribution is -2.61. The summed E-state index contributed by atoms with van der Waals surface area (Å²) < 4.78 is 5.50. The molecule has 3 heteroatoms. The quantitative estimate of drug-likeness (QED) is 0.692. The van der Waals surface area contributed by atoms with Crippen molar-refractivity contribution in [2.45, 2.75) is 57.2 Å². The number of fused-ring (bicyclic) bond motifs is 1. The Labute approximate surface area is 105 Å². The van der Waals surface area contributed by atoms with Crippen molar-refractivity contribution in [2.75, 3.05) is 32.8 Å². The summed E-state index contributed by atoms with van der Waals surface area (Å²) in [6.07, 6.45) is 6.78. The molecule has 0 aromatic rings. The predicted octanol–water partition coefficient (Wildman–Crippen LogP) is 1.72. The highest BCUT2D eigenvalue weighted by atomic mass is 16.5. The zero-order valence-electron chi connectivity index (χ0n) is 11.1. The van der Waals surface area contributed by atoms with Crippen LogP contribution in [0, 0.1) is 0 Å². The van der Waals surface area contributed by atoms with Gasteiger partial charge in [-0.2, -0.15) is 0 Å². The molecule has 3 aliphatic heterocycles. The van der Waals surface area contributed by atoms with Gasteiger partial charge < -0.3 is 4.74 Å². The molecule has 0 amide bonds. The third-order valence-electron chi connectivity index (χ3n) is 4.90. The van der Waals surface area contributed by atoms with E-state index in [4.69, 9.17) is 4.74 Å². The molecule has 2 atom stereocenters. The van der Waals surface area contributed by atoms with Crippen LogP contribution < -0.4 is 0 Å². The van der Waals surface area contributed by atoms with Crippen LogP contribution in [0.2, 0.25) is 0 Å². The maximum atomic E-state index is 5.50. The molecule has 0 aromatic heterocycles. The van der Waals surface area contributed by atoms with Crippen LogP contribution in [0.5, 0.6) is 0 Å². The fourth-order valence-electron chi connectivity index (χ4n) is 3.90. The minimum atomic E-state index is 0.743. The smallest absolute Gasteiger partial charge is 0.0480 e. The molecule has 0 bridgehead atoms. The van der Waals surface area contributed by atoms with Gasteiger partial charge in [-0.25, -0.2) is 0 Å². The molecule has 3 aliphatic rings. The fraction of sp³-hybridized carbons (Fsp3) is 1.00. The van der Waals surface area contributed by atoms with Gasteiger partial charge in [0.15, 0.2) is 0 Å². The monoisotopic (exact) mass is 238 g/mol. The van der Waals surface area contributed by atoms with Crippen molar-refractivity contribution in [2.24, 2.45) is 0 Å². The van der Waals surface area contributed by atoms with Crippen molar-refractivity contribution in [3.8, 4) is 0 Å². The summed E-state index contributed by atoms with van der Waals surface area (Å²) in [5.74, 6) is 0. The van der Waals surface area contributed by atoms with Crippen LogP contribution in [0.4, 0.5) is 0 Å². The SMILES string of the molecule is CC1CN2CCCCC2CN1C1CCOCC1. The number of piperazine rings is 1. The van der Waals surface area contributed by atoms with Crippen molar-refractivity contribution in [3.05, 3.63) is 0 Å². The van der Waals surface area contributed by atoms with Gasteiger partial charge in [0.25, 0.3) is 0 Å². The molecule has 0 saturated carbocycles. The maximum Gasteiger partial charge on any atom is 0.0480 e. The summed E-state index contributed by atoms with van der Waals surface area (Å²) in [6.45, 7) is 8.31. The first-order chi connectivity index (χ1) is 8.34. The van der Waals surface area contributed by atoms with Crippen molar-refractivity contribution in [1.82, 2.24) is 9.80 Å². The molecule has 3 rings (SSSR count). The summed E-state index contributed by atoms with van der Waals surface area (Å²) in [7, 11) is 0. The molecule has 3 fully saturated rings. The Bertz CT molecular complexity index is 253. The Morgan fingerprint density at radius 1 is 0.941 bits per heavy atom. The highest BCUT2D eigenvalue weighted by Gasteiger charge is 2.36. The van der Waals surface area contributed by atoms with Crippen LogP contribution in [-0.2, 0) is 4.74 Å². The Kier molecular flexibility index (Phi) is 3.69. The second-order valence-corrected chi connectivity index (χ2v) is 6.03. The standard InChI is InChI=1S/C14H26N2O/c1-12-10-15-7-3-2-4-14(15)11-16(12)13-5-8-17-9-6-13/h12-14H,2-11H2,1H3. The number of piperidine rings is 1. The number of hydrogen-bond acceptors (Lipinski definition) is 3. The van der Waals surface area contributed by atoms with Crippen LogP contribution in [0.1, 0.15) is 39.0 Å². The first-order valence-electron chi connectivity index (χ1n) is 7.42. The summed E-state index contributed by atoms with van der Waals surface area (Å²) in [6, 6.07) is 2.39. The molecule has 0 spiro atoms. The average Bonchev–Trinajstić information content (AvgIpc) is 2.39. The highest BCUT2D eigenvalue weighted by Crippen LogP contribution is 2.27. The normalized spacial score (nSPS) is 37.9. The molecule has 98 valence electrons. The fourth-order valence-corrected chi connectivity index (χ4v) is 3.90. The topological polar surface area (TPSA) is 15.7 Å². The van der Waals surface area contributed by atoms with Gasteiger partial charge in [-0.05, 0) is 39.2 Å². The van der Waals surface area contributed by atoms with E-state index < -0.39 is 0 Å². The van der Waals surface area contributed by atoms with Crippen LogP contribution in [0.15, 0.2) is 0 Å². The lowest BCUT2D eigenvalue weighted by Gasteiger charge is -2.50. The van der Waals surface area contributed by atoms with Gasteiger partial charge >= 0.3 is 0 Å². The Morgan fingerprint density at radius 3 is 2.59 bits per heavy atom. The van der Waals surface area contributed by atoms with Gasteiger partial charge in [0.1, 0.15) is 0 Å². The molecule has 17 heavy (non-hydrogen) atoms. The van der Waals surface area contributed by atoms with E-state index in [-0.39, 0.29) is 0 Å². The third-order valence-corrected chi connectivity index (χ3v) is 4.90. The molecule has 2 unspecified atom stereocenters. The first-order valence-corrected chi connectivity index (χ1v) is 7.42. The van der Waals surface area contributed by atoms with E-state index in [0.29, 0.717) is 0 Å². The number of ether oxygens (including phenoxy) is 1. The minimum Gasteiger partial charge on any atom is -0.381 e. The largest absolute Gasteiger partial charge is 0.381 e. The van der Waals surface area contributed by atoms with Gasteiger partial charge in [0.2, 0.25) is 0 Å². The van der Waals surface area contributed by atoms with Crippen LogP contribution in [-0.4, -0.2) is 60.8 Å². The molecule has 3 nitrogen and oxygen atoms in total. The molecular formula is C14H26N2O. The van der Waals surface area contributed by atoms with Crippen molar-refractivity contribution in [1.29, 1.82) is 0 Å². The second-order valence-electron chi connectivity index (χ2n) is 6.03. The zero-order valence-corrected chi connectivity index (χ0v) is 11.1. The lowest BCUT2D eigenvalue weighted by molar-refractivity contribution is -0.0400. The van der Waals surface area contributed by atoms with Gasteiger partial charge in [0, 0.05) is 44.4 Å². The summed E-state index contributed by atoms with van der Waals surface area (Å²) in [4.78, 5) is 5.53. The molecular weight excluding hydrogens is 212 g/mol. The molecule has 3 heterocycles. The van der Waals surface area contributed by atoms with Crippen molar-refractivity contribution in [3.63, 3.8) is 0 Å². The Hall–Kier alpha value is -0.120. The van der Waals surface area contributed by atoms with Gasteiger partial charge in [-0.3, -0.25) is 9.80 Å². The molecule has 0 aliphatic carbocycles. The Balaban J connectivity index is 1.64. The van der Waals surface area contributed by atoms with Gasteiger partial charge in [-0.1, -0.05) is 6.42 Å². The molecule has 3 saturated heterocycles. The van der Waals surface area contributed by atoms with E-state index in [1.807, 2.05) is 0 Å². The summed E-state index contributed by atoms with van der Waals surface area (Å²) in [5, 5.41) is 0. The van der Waals surface area contributed by atoms with E-state index in [0.717, 1.165) is 31.3 Å². The predicted molar refractivity (Wildman–Crippen MR) is 69.2 cm³/mol. The minimum absolute atomic E-state index is 0.743. The van der Waals surface area contributed by atoms with E-state index in [1.165, 1.54) is 51.7 Å². The van der Waals surface area contributed by atoms with Crippen molar-refractivity contribution >= 4 is 0 Å². The average molecular weight is 238 g/mol. The van der Waals surface area contributed by atoms with Crippen LogP contribution >= 0.6 is 0 Å². The van der Waals surface area contributed by atoms with Crippen LogP contribution in [0.3, 0.4) is 0 Å². The molecule has 0 radical (unpaired) electrons. The van der Waals surface area contributed by atoms with E-state index in [1.54, 1.807) is 0 Å². The zero-order chi connectivity index (χ0) is 11.7. The number of nitrogens with zero attached hydrogens (tertiary/aromatic N) is 2. The number of hydrogen-bond donors (Lipinski definition) is 0. The van der Waals surface area contributed by atoms with Gasteiger partial charge in [-0.15, -0.1) is 0 Å². The van der Waals surface area contributed by atoms with E-state index >= 15 is 0 Å². The van der Waals surface area contributed by atoms with Crippen LogP contribution in [0.25, 0.3) is 0 Å². The van der Waals surface area contributed by atoms with Crippen molar-refractivity contribution < 1.29 is 4.74 Å². The summed E-state index contributed by atoms with van der Waals surface area (Å²) in [5.41, 5.74) is 0. The van der Waals surface area contributed by atoms with E-state index in [9.17, 15) is 0 Å². The lowest BCUT2D eigenvalue weighted by atomic mass is 9.94. The molecule has 0 N–H and O–H groups in total. The van der Waals surface area contributed by atoms with Gasteiger partial charge in [0.05, 0.1) is 0 Å².